The Bertz CT molecular complexity index is 1120. The Hall–Kier alpha value is -3.87. The predicted molar refractivity (Wildman–Crippen MR) is 106 cm³/mol. The van der Waals surface area contributed by atoms with E-state index in [2.05, 4.69) is 9.97 Å². The number of nitro groups is 1. The molecule has 1 heterocycles. The van der Waals surface area contributed by atoms with Gasteiger partial charge in [-0.3, -0.25) is 10.1 Å². The fourth-order valence-corrected chi connectivity index (χ4v) is 2.99. The SMILES string of the molecule is COc1cc(-c2nc3ccccc3[nH]2)ccc1OCc1ccccc1[N+](=O)[O-]. The number of H-pyrrole nitrogens is 1. The lowest BCUT2D eigenvalue weighted by molar-refractivity contribution is -0.385. The van der Waals surface area contributed by atoms with E-state index in [-0.39, 0.29) is 12.3 Å². The number of fused-ring (bicyclic) bond motifs is 1. The molecular formula is C21H17N3O4. The smallest absolute Gasteiger partial charge is 0.276 e. The van der Waals surface area contributed by atoms with Gasteiger partial charge in [0.2, 0.25) is 0 Å². The van der Waals surface area contributed by atoms with Crippen LogP contribution in [-0.4, -0.2) is 22.0 Å². The van der Waals surface area contributed by atoms with Gasteiger partial charge in [0.1, 0.15) is 12.4 Å². The number of nitrogens with zero attached hydrogens (tertiary/aromatic N) is 2. The summed E-state index contributed by atoms with van der Waals surface area (Å²) in [6.07, 6.45) is 0. The number of imidazole rings is 1. The van der Waals surface area contributed by atoms with Gasteiger partial charge in [0, 0.05) is 11.6 Å². The van der Waals surface area contributed by atoms with Crippen LogP contribution < -0.4 is 9.47 Å². The van der Waals surface area contributed by atoms with Crippen LogP contribution in [0.2, 0.25) is 0 Å². The molecule has 0 aliphatic carbocycles. The van der Waals surface area contributed by atoms with Crippen molar-refractivity contribution in [2.75, 3.05) is 7.11 Å². The summed E-state index contributed by atoms with van der Waals surface area (Å²) in [5, 5.41) is 11.1. The van der Waals surface area contributed by atoms with Gasteiger partial charge in [-0.2, -0.15) is 0 Å². The van der Waals surface area contributed by atoms with Crippen LogP contribution in [0.1, 0.15) is 5.56 Å². The molecule has 0 aliphatic heterocycles. The highest BCUT2D eigenvalue weighted by atomic mass is 16.6. The van der Waals surface area contributed by atoms with Crippen LogP contribution in [0, 0.1) is 10.1 Å². The summed E-state index contributed by atoms with van der Waals surface area (Å²) in [5.74, 6) is 1.75. The number of para-hydroxylation sites is 3. The minimum atomic E-state index is -0.416. The Labute approximate surface area is 160 Å². The number of ether oxygens (including phenoxy) is 2. The first-order chi connectivity index (χ1) is 13.7. The molecular weight excluding hydrogens is 358 g/mol. The van der Waals surface area contributed by atoms with E-state index >= 15 is 0 Å². The standard InChI is InChI=1S/C21H17N3O4/c1-27-20-12-14(21-22-16-7-3-4-8-17(16)23-21)10-11-19(20)28-13-15-6-2-5-9-18(15)24(25)26/h2-12H,13H2,1H3,(H,22,23). The van der Waals surface area contributed by atoms with Crippen molar-refractivity contribution in [2.45, 2.75) is 6.61 Å². The molecule has 0 bridgehead atoms. The van der Waals surface area contributed by atoms with Crippen LogP contribution in [0.4, 0.5) is 5.69 Å². The zero-order valence-electron chi connectivity index (χ0n) is 15.1. The Morgan fingerprint density at radius 1 is 1.04 bits per heavy atom. The van der Waals surface area contributed by atoms with E-state index in [4.69, 9.17) is 9.47 Å². The van der Waals surface area contributed by atoms with Crippen LogP contribution in [0.5, 0.6) is 11.5 Å². The average Bonchev–Trinajstić information content (AvgIpc) is 3.16. The molecule has 0 radical (unpaired) electrons. The van der Waals surface area contributed by atoms with Gasteiger partial charge in [-0.25, -0.2) is 4.98 Å². The lowest BCUT2D eigenvalue weighted by Crippen LogP contribution is -2.01. The molecule has 140 valence electrons. The summed E-state index contributed by atoms with van der Waals surface area (Å²) in [7, 11) is 1.55. The molecule has 0 unspecified atom stereocenters. The number of benzene rings is 3. The van der Waals surface area contributed by atoms with Gasteiger partial charge in [-0.1, -0.05) is 24.3 Å². The maximum atomic E-state index is 11.1. The van der Waals surface area contributed by atoms with Crippen molar-refractivity contribution in [3.05, 3.63) is 82.4 Å². The van der Waals surface area contributed by atoms with Crippen molar-refractivity contribution in [3.8, 4) is 22.9 Å². The van der Waals surface area contributed by atoms with Gasteiger partial charge >= 0.3 is 0 Å². The molecule has 3 aromatic carbocycles. The second-order valence-corrected chi connectivity index (χ2v) is 6.14. The predicted octanol–water partition coefficient (Wildman–Crippen LogP) is 4.73. The Kier molecular flexibility index (Phi) is 4.63. The molecule has 0 saturated carbocycles. The van der Waals surface area contributed by atoms with Crippen LogP contribution in [0.3, 0.4) is 0 Å². The van der Waals surface area contributed by atoms with E-state index in [0.29, 0.717) is 17.1 Å². The number of hydrogen-bond donors (Lipinski definition) is 1. The third-order valence-corrected chi connectivity index (χ3v) is 4.40. The number of hydrogen-bond acceptors (Lipinski definition) is 5. The molecule has 1 N–H and O–H groups in total. The van der Waals surface area contributed by atoms with Gasteiger partial charge in [-0.15, -0.1) is 0 Å². The van der Waals surface area contributed by atoms with Gasteiger partial charge in [0.15, 0.2) is 11.5 Å². The highest BCUT2D eigenvalue weighted by molar-refractivity contribution is 5.79. The zero-order valence-corrected chi connectivity index (χ0v) is 15.1. The first-order valence-electron chi connectivity index (χ1n) is 8.64. The van der Waals surface area contributed by atoms with Gasteiger partial charge in [0.25, 0.3) is 5.69 Å². The largest absolute Gasteiger partial charge is 0.493 e. The summed E-state index contributed by atoms with van der Waals surface area (Å²) >= 11 is 0. The lowest BCUT2D eigenvalue weighted by atomic mass is 10.2. The van der Waals surface area contributed by atoms with Crippen LogP contribution >= 0.6 is 0 Å². The third kappa shape index (κ3) is 3.37. The van der Waals surface area contributed by atoms with E-state index in [9.17, 15) is 10.1 Å². The molecule has 1 aromatic heterocycles. The summed E-state index contributed by atoms with van der Waals surface area (Å²) in [6, 6.07) is 19.8. The molecule has 28 heavy (non-hydrogen) atoms. The van der Waals surface area contributed by atoms with Crippen LogP contribution in [0.25, 0.3) is 22.4 Å². The first-order valence-corrected chi connectivity index (χ1v) is 8.64. The van der Waals surface area contributed by atoms with E-state index in [1.165, 1.54) is 6.07 Å². The van der Waals surface area contributed by atoms with Crippen molar-refractivity contribution < 1.29 is 14.4 Å². The fraction of sp³-hybridized carbons (Fsp3) is 0.0952. The van der Waals surface area contributed by atoms with E-state index in [1.54, 1.807) is 31.4 Å². The van der Waals surface area contributed by atoms with Crippen molar-refractivity contribution >= 4 is 16.7 Å². The summed E-state index contributed by atoms with van der Waals surface area (Å²) in [4.78, 5) is 18.6. The number of methoxy groups -OCH3 is 1. The Morgan fingerprint density at radius 2 is 1.82 bits per heavy atom. The number of rotatable bonds is 6. The highest BCUT2D eigenvalue weighted by Gasteiger charge is 2.15. The first kappa shape index (κ1) is 17.5. The van der Waals surface area contributed by atoms with Crippen molar-refractivity contribution in [3.63, 3.8) is 0 Å². The fourth-order valence-electron chi connectivity index (χ4n) is 2.99. The second kappa shape index (κ2) is 7.40. The minimum absolute atomic E-state index is 0.0281. The number of nitro benzene ring substituents is 1. The Morgan fingerprint density at radius 3 is 2.61 bits per heavy atom. The molecule has 7 heteroatoms. The van der Waals surface area contributed by atoms with Crippen molar-refractivity contribution in [2.24, 2.45) is 0 Å². The summed E-state index contributed by atoms with van der Waals surface area (Å²) in [5.41, 5.74) is 3.21. The summed E-state index contributed by atoms with van der Waals surface area (Å²) in [6.45, 7) is 0.0670. The van der Waals surface area contributed by atoms with Crippen molar-refractivity contribution in [1.29, 1.82) is 0 Å². The molecule has 0 saturated heterocycles. The van der Waals surface area contributed by atoms with Gasteiger partial charge in [0.05, 0.1) is 28.6 Å². The van der Waals surface area contributed by atoms with Crippen molar-refractivity contribution in [1.82, 2.24) is 9.97 Å². The number of aromatic nitrogens is 2. The van der Waals surface area contributed by atoms with Crippen LogP contribution in [0.15, 0.2) is 66.7 Å². The zero-order chi connectivity index (χ0) is 19.5. The molecule has 0 spiro atoms. The lowest BCUT2D eigenvalue weighted by Gasteiger charge is -2.12. The molecule has 4 aromatic rings. The summed E-state index contributed by atoms with van der Waals surface area (Å²) < 4.78 is 11.2. The quantitative estimate of drug-likeness (QED) is 0.389. The van der Waals surface area contributed by atoms with Crippen LogP contribution in [-0.2, 0) is 6.61 Å². The highest BCUT2D eigenvalue weighted by Crippen LogP contribution is 2.33. The molecule has 0 amide bonds. The normalized spacial score (nSPS) is 10.8. The van der Waals surface area contributed by atoms with E-state index in [1.807, 2.05) is 36.4 Å². The maximum absolute atomic E-state index is 11.1. The molecule has 0 fully saturated rings. The molecule has 0 aliphatic rings. The Balaban J connectivity index is 1.60. The third-order valence-electron chi connectivity index (χ3n) is 4.40. The topological polar surface area (TPSA) is 90.3 Å². The second-order valence-electron chi connectivity index (χ2n) is 6.14. The average molecular weight is 375 g/mol. The van der Waals surface area contributed by atoms with Gasteiger partial charge in [-0.05, 0) is 36.4 Å². The monoisotopic (exact) mass is 375 g/mol. The number of aromatic amines is 1. The van der Waals surface area contributed by atoms with Gasteiger partial charge < -0.3 is 14.5 Å². The maximum Gasteiger partial charge on any atom is 0.276 e. The minimum Gasteiger partial charge on any atom is -0.493 e. The number of nitrogens with one attached hydrogen (secondary N) is 1. The van der Waals surface area contributed by atoms with E-state index < -0.39 is 4.92 Å². The molecule has 0 atom stereocenters. The molecule has 7 nitrogen and oxygen atoms in total. The molecule has 4 rings (SSSR count). The van der Waals surface area contributed by atoms with E-state index in [0.717, 1.165) is 22.4 Å².